The highest BCUT2D eigenvalue weighted by Crippen LogP contribution is 2.27. The average molecular weight is 345 g/mol. The lowest BCUT2D eigenvalue weighted by Crippen LogP contribution is -2.32. The molecule has 0 heterocycles. The molecule has 5 heteroatoms. The maximum atomic E-state index is 10.8. The van der Waals surface area contributed by atoms with Crippen LogP contribution in [-0.2, 0) is 4.74 Å². The number of carbonyl (C=O) groups is 1. The molecular formula is C15H21BrO4. The van der Waals surface area contributed by atoms with Gasteiger partial charge in [0, 0.05) is 12.2 Å². The van der Waals surface area contributed by atoms with Crippen molar-refractivity contribution in [1.82, 2.24) is 0 Å². The number of hydrogen-bond acceptors (Lipinski definition) is 4. The molecule has 1 rings (SSSR count). The Morgan fingerprint density at radius 2 is 2.20 bits per heavy atom. The highest BCUT2D eigenvalue weighted by atomic mass is 79.9. The molecule has 0 aromatic heterocycles. The first-order valence-electron chi connectivity index (χ1n) is 6.76. The number of aldehydes is 1. The van der Waals surface area contributed by atoms with Crippen LogP contribution < -0.4 is 4.74 Å². The van der Waals surface area contributed by atoms with Crippen LogP contribution >= 0.6 is 15.9 Å². The van der Waals surface area contributed by atoms with Crippen molar-refractivity contribution in [1.29, 1.82) is 0 Å². The van der Waals surface area contributed by atoms with Crippen molar-refractivity contribution in [2.75, 3.05) is 13.2 Å². The van der Waals surface area contributed by atoms with Crippen molar-refractivity contribution in [3.63, 3.8) is 0 Å². The van der Waals surface area contributed by atoms with E-state index in [0.29, 0.717) is 22.4 Å². The molecule has 0 saturated carbocycles. The molecule has 4 nitrogen and oxygen atoms in total. The first kappa shape index (κ1) is 17.1. The standard InChI is InChI=1S/C15H21BrO4/c1-3-4-8-19-11(2)13(18)10-20-14-7-5-6-12(9-17)15(14)16/h5-7,9,11,13,18H,3-4,8,10H2,1-2H3. The second-order valence-corrected chi connectivity index (χ2v) is 5.38. The third-order valence-corrected chi connectivity index (χ3v) is 3.80. The molecule has 0 bridgehead atoms. The zero-order chi connectivity index (χ0) is 15.0. The predicted octanol–water partition coefficient (Wildman–Crippen LogP) is 3.21. The SMILES string of the molecule is CCCCOC(C)C(O)COc1cccc(C=O)c1Br. The van der Waals surface area contributed by atoms with E-state index in [1.807, 2.05) is 6.92 Å². The van der Waals surface area contributed by atoms with Crippen molar-refractivity contribution < 1.29 is 19.4 Å². The van der Waals surface area contributed by atoms with Crippen molar-refractivity contribution >= 4 is 22.2 Å². The second-order valence-electron chi connectivity index (χ2n) is 4.59. The van der Waals surface area contributed by atoms with Crippen LogP contribution in [0.3, 0.4) is 0 Å². The molecule has 112 valence electrons. The van der Waals surface area contributed by atoms with Crippen LogP contribution in [0.5, 0.6) is 5.75 Å². The molecule has 0 fully saturated rings. The maximum absolute atomic E-state index is 10.8. The van der Waals surface area contributed by atoms with Crippen LogP contribution in [0.1, 0.15) is 37.0 Å². The number of halogens is 1. The van der Waals surface area contributed by atoms with E-state index in [9.17, 15) is 9.90 Å². The Labute approximate surface area is 128 Å². The Bertz CT molecular complexity index is 422. The number of rotatable bonds is 9. The molecule has 20 heavy (non-hydrogen) atoms. The van der Waals surface area contributed by atoms with Crippen LogP contribution in [0.25, 0.3) is 0 Å². The zero-order valence-electron chi connectivity index (χ0n) is 11.8. The number of aliphatic hydroxyl groups is 1. The molecule has 2 atom stereocenters. The fraction of sp³-hybridized carbons (Fsp3) is 0.533. The summed E-state index contributed by atoms with van der Waals surface area (Å²) in [6, 6.07) is 5.17. The molecule has 2 unspecified atom stereocenters. The van der Waals surface area contributed by atoms with Crippen LogP contribution in [0.15, 0.2) is 22.7 Å². The monoisotopic (exact) mass is 344 g/mol. The third-order valence-electron chi connectivity index (χ3n) is 2.95. The minimum atomic E-state index is -0.710. The predicted molar refractivity (Wildman–Crippen MR) is 81.4 cm³/mol. The number of aliphatic hydroxyl groups excluding tert-OH is 1. The summed E-state index contributed by atoms with van der Waals surface area (Å²) in [5.41, 5.74) is 0.518. The molecule has 1 N–H and O–H groups in total. The van der Waals surface area contributed by atoms with Gasteiger partial charge in [0.1, 0.15) is 18.5 Å². The Kier molecular flexibility index (Phi) is 7.80. The van der Waals surface area contributed by atoms with Crippen molar-refractivity contribution in [2.24, 2.45) is 0 Å². The normalized spacial score (nSPS) is 13.8. The van der Waals surface area contributed by atoms with Crippen molar-refractivity contribution in [3.05, 3.63) is 28.2 Å². The molecular weight excluding hydrogens is 324 g/mol. The summed E-state index contributed by atoms with van der Waals surface area (Å²) in [7, 11) is 0. The summed E-state index contributed by atoms with van der Waals surface area (Å²) in [5.74, 6) is 0.536. The minimum absolute atomic E-state index is 0.119. The van der Waals surface area contributed by atoms with E-state index < -0.39 is 6.10 Å². The fourth-order valence-corrected chi connectivity index (χ4v) is 2.04. The molecule has 1 aromatic rings. The van der Waals surface area contributed by atoms with E-state index in [1.165, 1.54) is 0 Å². The van der Waals surface area contributed by atoms with Crippen molar-refractivity contribution in [2.45, 2.75) is 38.9 Å². The van der Waals surface area contributed by atoms with Crippen LogP contribution in [0.4, 0.5) is 0 Å². The summed E-state index contributed by atoms with van der Waals surface area (Å²) < 4.78 is 11.6. The number of ether oxygens (including phenoxy) is 2. The van der Waals surface area contributed by atoms with E-state index in [1.54, 1.807) is 18.2 Å². The lowest BCUT2D eigenvalue weighted by molar-refractivity contribution is -0.0446. The van der Waals surface area contributed by atoms with E-state index >= 15 is 0 Å². The Morgan fingerprint density at radius 3 is 2.85 bits per heavy atom. The van der Waals surface area contributed by atoms with E-state index in [4.69, 9.17) is 9.47 Å². The van der Waals surface area contributed by atoms with Crippen molar-refractivity contribution in [3.8, 4) is 5.75 Å². The highest BCUT2D eigenvalue weighted by Gasteiger charge is 2.16. The molecule has 0 amide bonds. The Balaban J connectivity index is 2.48. The largest absolute Gasteiger partial charge is 0.490 e. The molecule has 0 spiro atoms. The Hall–Kier alpha value is -0.910. The molecule has 0 radical (unpaired) electrons. The second kappa shape index (κ2) is 9.10. The topological polar surface area (TPSA) is 55.8 Å². The van der Waals surface area contributed by atoms with E-state index in [2.05, 4.69) is 22.9 Å². The summed E-state index contributed by atoms with van der Waals surface area (Å²) in [6.07, 6.45) is 1.80. The smallest absolute Gasteiger partial charge is 0.151 e. The molecule has 1 aromatic carbocycles. The van der Waals surface area contributed by atoms with Gasteiger partial charge in [-0.2, -0.15) is 0 Å². The van der Waals surface area contributed by atoms with Gasteiger partial charge in [0.05, 0.1) is 10.6 Å². The zero-order valence-corrected chi connectivity index (χ0v) is 13.4. The fourth-order valence-electron chi connectivity index (χ4n) is 1.57. The summed E-state index contributed by atoms with van der Waals surface area (Å²) in [6.45, 7) is 4.67. The van der Waals surface area contributed by atoms with Gasteiger partial charge in [-0.1, -0.05) is 25.5 Å². The number of benzene rings is 1. The van der Waals surface area contributed by atoms with Gasteiger partial charge in [-0.15, -0.1) is 0 Å². The van der Waals surface area contributed by atoms with Crippen LogP contribution in [0.2, 0.25) is 0 Å². The summed E-state index contributed by atoms with van der Waals surface area (Å²) in [5, 5.41) is 9.96. The Morgan fingerprint density at radius 1 is 1.45 bits per heavy atom. The van der Waals surface area contributed by atoms with Gasteiger partial charge < -0.3 is 14.6 Å². The molecule has 0 aliphatic carbocycles. The first-order chi connectivity index (χ1) is 9.60. The quantitative estimate of drug-likeness (QED) is 0.552. The van der Waals surface area contributed by atoms with Gasteiger partial charge in [0.15, 0.2) is 6.29 Å². The lowest BCUT2D eigenvalue weighted by atomic mass is 10.2. The van der Waals surface area contributed by atoms with Gasteiger partial charge in [-0.25, -0.2) is 0 Å². The van der Waals surface area contributed by atoms with Crippen LogP contribution in [-0.4, -0.2) is 36.8 Å². The van der Waals surface area contributed by atoms with Gasteiger partial charge in [-0.3, -0.25) is 4.79 Å². The highest BCUT2D eigenvalue weighted by molar-refractivity contribution is 9.10. The number of unbranched alkanes of at least 4 members (excludes halogenated alkanes) is 1. The third kappa shape index (κ3) is 5.23. The van der Waals surface area contributed by atoms with E-state index in [0.717, 1.165) is 19.1 Å². The van der Waals surface area contributed by atoms with Gasteiger partial charge in [0.25, 0.3) is 0 Å². The van der Waals surface area contributed by atoms with E-state index in [-0.39, 0.29) is 12.7 Å². The number of hydrogen-bond donors (Lipinski definition) is 1. The first-order valence-corrected chi connectivity index (χ1v) is 7.55. The molecule has 0 aliphatic rings. The summed E-state index contributed by atoms with van der Waals surface area (Å²) >= 11 is 3.31. The van der Waals surface area contributed by atoms with Gasteiger partial charge in [0.2, 0.25) is 0 Å². The van der Waals surface area contributed by atoms with Gasteiger partial charge >= 0.3 is 0 Å². The lowest BCUT2D eigenvalue weighted by Gasteiger charge is -2.20. The average Bonchev–Trinajstić information content (AvgIpc) is 2.46. The van der Waals surface area contributed by atoms with Gasteiger partial charge in [-0.05, 0) is 35.3 Å². The number of carbonyl (C=O) groups excluding carboxylic acids is 1. The van der Waals surface area contributed by atoms with Crippen LogP contribution in [0, 0.1) is 0 Å². The summed E-state index contributed by atoms with van der Waals surface area (Å²) in [4.78, 5) is 10.8. The minimum Gasteiger partial charge on any atom is -0.490 e. The maximum Gasteiger partial charge on any atom is 0.151 e. The molecule has 0 saturated heterocycles. The molecule has 0 aliphatic heterocycles.